The Bertz CT molecular complexity index is 1470. The van der Waals surface area contributed by atoms with Crippen molar-refractivity contribution in [2.45, 2.75) is 65.1 Å². The van der Waals surface area contributed by atoms with Gasteiger partial charge in [-0.15, -0.1) is 0 Å². The average molecular weight is 534 g/mol. The van der Waals surface area contributed by atoms with Crippen LogP contribution in [0.2, 0.25) is 0 Å². The summed E-state index contributed by atoms with van der Waals surface area (Å²) in [6, 6.07) is 8.88. The summed E-state index contributed by atoms with van der Waals surface area (Å²) < 4.78 is 8.64. The Hall–Kier alpha value is -3.95. The van der Waals surface area contributed by atoms with Crippen molar-refractivity contribution in [3.05, 3.63) is 58.3 Å². The van der Waals surface area contributed by atoms with Crippen LogP contribution in [0.3, 0.4) is 0 Å². The molecule has 10 nitrogen and oxygen atoms in total. The summed E-state index contributed by atoms with van der Waals surface area (Å²) in [4.78, 5) is 58.5. The van der Waals surface area contributed by atoms with Gasteiger partial charge in [0, 0.05) is 56.3 Å². The number of aromatic nitrogens is 3. The van der Waals surface area contributed by atoms with Gasteiger partial charge >= 0.3 is 6.09 Å². The third-order valence-electron chi connectivity index (χ3n) is 7.95. The van der Waals surface area contributed by atoms with E-state index in [1.807, 2.05) is 34.6 Å². The van der Waals surface area contributed by atoms with Gasteiger partial charge in [0.25, 0.3) is 5.56 Å². The molecule has 3 aromatic rings. The highest BCUT2D eigenvalue weighted by molar-refractivity contribution is 5.95. The minimum atomic E-state index is -0.407. The Kier molecular flexibility index (Phi) is 7.54. The molecular formula is C29H35N5O5. The lowest BCUT2D eigenvalue weighted by molar-refractivity contribution is -0.131. The molecule has 1 saturated heterocycles. The summed E-state index contributed by atoms with van der Waals surface area (Å²) in [6.45, 7) is 5.36. The standard InChI is InChI=1S/C29H35N5O5/c1-19-7-8-22-23(34(19)29(38)39-3)9-10-24-28(22)30-25(12-15-31-13-5-4-6-26(31)36)33(24)18-27(37)32-14-11-21(17-32)16-20(2)35/h4-6,9-10,13,19,21H,7-8,11-12,14-18H2,1-3H3/t19-,21-/m0/s1. The maximum atomic E-state index is 13.4. The first-order valence-corrected chi connectivity index (χ1v) is 13.6. The van der Waals surface area contributed by atoms with Gasteiger partial charge in [0.2, 0.25) is 5.91 Å². The van der Waals surface area contributed by atoms with E-state index in [1.165, 1.54) is 13.2 Å². The van der Waals surface area contributed by atoms with Crippen LogP contribution in [0.5, 0.6) is 0 Å². The summed E-state index contributed by atoms with van der Waals surface area (Å²) >= 11 is 0. The number of likely N-dealkylation sites (tertiary alicyclic amines) is 1. The molecule has 2 aliphatic heterocycles. The lowest BCUT2D eigenvalue weighted by atomic mass is 9.96. The Balaban J connectivity index is 1.50. The number of amides is 2. The van der Waals surface area contributed by atoms with E-state index in [4.69, 9.17) is 9.72 Å². The molecule has 0 aliphatic carbocycles. The van der Waals surface area contributed by atoms with E-state index < -0.39 is 6.09 Å². The first-order chi connectivity index (χ1) is 18.8. The van der Waals surface area contributed by atoms with Crippen LogP contribution in [0.15, 0.2) is 41.3 Å². The molecule has 2 aliphatic rings. The quantitative estimate of drug-likeness (QED) is 0.462. The van der Waals surface area contributed by atoms with Crippen LogP contribution in [-0.2, 0) is 40.3 Å². The summed E-state index contributed by atoms with van der Waals surface area (Å²) in [6.07, 6.45) is 4.65. The molecule has 39 heavy (non-hydrogen) atoms. The molecule has 206 valence electrons. The van der Waals surface area contributed by atoms with Crippen molar-refractivity contribution >= 4 is 34.5 Å². The molecule has 1 fully saturated rings. The predicted molar refractivity (Wildman–Crippen MR) is 147 cm³/mol. The number of ether oxygens (including phenoxy) is 1. The summed E-state index contributed by atoms with van der Waals surface area (Å²) in [5, 5.41) is 0. The molecule has 2 aromatic heterocycles. The number of hydrogen-bond acceptors (Lipinski definition) is 6. The second kappa shape index (κ2) is 11.0. The fourth-order valence-electron chi connectivity index (χ4n) is 5.95. The molecule has 2 amide bonds. The smallest absolute Gasteiger partial charge is 0.414 e. The molecule has 0 saturated carbocycles. The zero-order chi connectivity index (χ0) is 27.7. The summed E-state index contributed by atoms with van der Waals surface area (Å²) in [5.41, 5.74) is 3.25. The molecule has 0 unspecified atom stereocenters. The van der Waals surface area contributed by atoms with E-state index >= 15 is 0 Å². The van der Waals surface area contributed by atoms with Gasteiger partial charge in [-0.2, -0.15) is 0 Å². The fraction of sp³-hybridized carbons (Fsp3) is 0.483. The number of Topliss-reactive ketones (excluding diaryl/α,β-unsaturated/α-hetero) is 1. The average Bonchev–Trinajstić information content (AvgIpc) is 3.52. The Morgan fingerprint density at radius 3 is 2.69 bits per heavy atom. The third-order valence-corrected chi connectivity index (χ3v) is 7.95. The number of rotatable bonds is 7. The van der Waals surface area contributed by atoms with Gasteiger partial charge in [0.1, 0.15) is 18.2 Å². The van der Waals surface area contributed by atoms with E-state index in [0.717, 1.165) is 41.5 Å². The van der Waals surface area contributed by atoms with Crippen molar-refractivity contribution in [3.8, 4) is 0 Å². The lowest BCUT2D eigenvalue weighted by Gasteiger charge is -2.34. The number of aryl methyl sites for hydroxylation is 3. The molecule has 0 N–H and O–H groups in total. The van der Waals surface area contributed by atoms with Crippen molar-refractivity contribution in [1.29, 1.82) is 0 Å². The molecule has 0 radical (unpaired) electrons. The molecule has 0 spiro atoms. The number of anilines is 1. The largest absolute Gasteiger partial charge is 0.452 e. The maximum Gasteiger partial charge on any atom is 0.414 e. The van der Waals surface area contributed by atoms with Crippen molar-refractivity contribution in [1.82, 2.24) is 19.0 Å². The number of hydrogen-bond donors (Lipinski definition) is 0. The van der Waals surface area contributed by atoms with Crippen LogP contribution in [0, 0.1) is 5.92 Å². The van der Waals surface area contributed by atoms with E-state index in [9.17, 15) is 19.2 Å². The van der Waals surface area contributed by atoms with E-state index in [-0.39, 0.29) is 35.8 Å². The normalized spacial score (nSPS) is 18.8. The number of ketones is 1. The Morgan fingerprint density at radius 1 is 1.13 bits per heavy atom. The van der Waals surface area contributed by atoms with Gasteiger partial charge in [-0.1, -0.05) is 6.07 Å². The topological polar surface area (TPSA) is 107 Å². The highest BCUT2D eigenvalue weighted by Crippen LogP contribution is 2.36. The molecule has 1 aromatic carbocycles. The minimum absolute atomic E-state index is 0.00592. The number of methoxy groups -OCH3 is 1. The first-order valence-electron chi connectivity index (χ1n) is 13.6. The number of benzene rings is 1. The second-order valence-electron chi connectivity index (χ2n) is 10.7. The van der Waals surface area contributed by atoms with Gasteiger partial charge in [-0.05, 0) is 57.2 Å². The number of imidazole rings is 1. The molecule has 5 rings (SSSR count). The van der Waals surface area contributed by atoms with Crippen LogP contribution in [0.4, 0.5) is 10.5 Å². The highest BCUT2D eigenvalue weighted by atomic mass is 16.5. The minimum Gasteiger partial charge on any atom is -0.452 e. The molecule has 0 bridgehead atoms. The zero-order valence-corrected chi connectivity index (χ0v) is 22.8. The maximum absolute atomic E-state index is 13.4. The number of nitrogens with zero attached hydrogens (tertiary/aromatic N) is 5. The van der Waals surface area contributed by atoms with Crippen molar-refractivity contribution in [2.75, 3.05) is 25.1 Å². The Morgan fingerprint density at radius 2 is 1.95 bits per heavy atom. The SMILES string of the molecule is COC(=O)N1c2ccc3c(nc(CCn4ccccc4=O)n3CC(=O)N3CC[C@@H](CC(C)=O)C3)c2CC[C@@H]1C. The number of pyridine rings is 1. The molecule has 2 atom stereocenters. The Labute approximate surface area is 227 Å². The monoisotopic (exact) mass is 533 g/mol. The predicted octanol–water partition coefficient (Wildman–Crippen LogP) is 3.18. The molecule has 10 heteroatoms. The van der Waals surface area contributed by atoms with Crippen LogP contribution >= 0.6 is 0 Å². The molecular weight excluding hydrogens is 498 g/mol. The van der Waals surface area contributed by atoms with E-state index in [2.05, 4.69) is 0 Å². The highest BCUT2D eigenvalue weighted by Gasteiger charge is 2.32. The third kappa shape index (κ3) is 5.32. The van der Waals surface area contributed by atoms with Crippen LogP contribution in [0.25, 0.3) is 11.0 Å². The molecule has 4 heterocycles. The van der Waals surface area contributed by atoms with Crippen LogP contribution in [0.1, 0.15) is 44.5 Å². The summed E-state index contributed by atoms with van der Waals surface area (Å²) in [5.74, 6) is 1.05. The number of carbonyl (C=O) groups is 3. The second-order valence-corrected chi connectivity index (χ2v) is 10.7. The first kappa shape index (κ1) is 26.6. The fourth-order valence-corrected chi connectivity index (χ4v) is 5.95. The van der Waals surface area contributed by atoms with Crippen molar-refractivity contribution in [3.63, 3.8) is 0 Å². The lowest BCUT2D eigenvalue weighted by Crippen LogP contribution is -2.42. The van der Waals surface area contributed by atoms with Crippen molar-refractivity contribution in [2.24, 2.45) is 5.92 Å². The zero-order valence-electron chi connectivity index (χ0n) is 22.8. The number of carbonyl (C=O) groups excluding carboxylic acids is 3. The summed E-state index contributed by atoms with van der Waals surface area (Å²) in [7, 11) is 1.38. The van der Waals surface area contributed by atoms with Gasteiger partial charge in [-0.3, -0.25) is 14.5 Å². The van der Waals surface area contributed by atoms with Crippen LogP contribution in [-0.4, -0.2) is 63.0 Å². The van der Waals surface area contributed by atoms with Gasteiger partial charge in [0.15, 0.2) is 0 Å². The number of fused-ring (bicyclic) bond motifs is 3. The van der Waals surface area contributed by atoms with E-state index in [1.54, 1.807) is 28.7 Å². The van der Waals surface area contributed by atoms with Gasteiger partial charge < -0.3 is 23.6 Å². The van der Waals surface area contributed by atoms with Gasteiger partial charge in [-0.25, -0.2) is 9.78 Å². The van der Waals surface area contributed by atoms with E-state index in [0.29, 0.717) is 38.3 Å². The van der Waals surface area contributed by atoms with Gasteiger partial charge in [0.05, 0.1) is 23.8 Å². The van der Waals surface area contributed by atoms with Crippen LogP contribution < -0.4 is 10.5 Å². The van der Waals surface area contributed by atoms with Crippen molar-refractivity contribution < 1.29 is 19.1 Å².